The number of alkyl halides is 6. The highest BCUT2D eigenvalue weighted by atomic mass is 19.4. The SMILES string of the molecule is CN(C)/C=N/NC(=O)[C@@H]1[C@@H]2C[C@@H]([C@H]3OC(C)(C)O[C@@H]23)N1c1cc(C(F)(F)F)cc(C(F)(F)F)n1. The quantitative estimate of drug-likeness (QED) is 0.300. The molecule has 3 fully saturated rings. The molecule has 1 aromatic heterocycles. The molecule has 5 atom stereocenters. The monoisotopic (exact) mass is 495 g/mol. The van der Waals surface area contributed by atoms with Crippen molar-refractivity contribution in [3.05, 3.63) is 23.4 Å². The van der Waals surface area contributed by atoms with Crippen molar-refractivity contribution in [2.45, 2.75) is 62.7 Å². The number of rotatable bonds is 4. The van der Waals surface area contributed by atoms with Gasteiger partial charge in [0.05, 0.1) is 17.7 Å². The van der Waals surface area contributed by atoms with Crippen LogP contribution in [-0.4, -0.2) is 66.3 Å². The predicted octanol–water partition coefficient (Wildman–Crippen LogP) is 2.84. The van der Waals surface area contributed by atoms with E-state index in [0.29, 0.717) is 6.07 Å². The zero-order chi connectivity index (χ0) is 25.2. The standard InChI is InChI=1S/C20H23F6N5O3/c1-18(2)33-15-10-7-11(16(15)34-18)31(14(10)17(32)29-27-8-30(3)4)13-6-9(19(21,22)23)5-12(28-13)20(24,25)26/h5-6,8,10-11,14-16H,7H2,1-4H3,(H,29,32)/b27-8+/t10-,11-,14-,15-,16+/m0/s1. The molecule has 3 heterocycles. The van der Waals surface area contributed by atoms with E-state index in [9.17, 15) is 31.1 Å². The minimum Gasteiger partial charge on any atom is -0.367 e. The van der Waals surface area contributed by atoms with E-state index in [-0.39, 0.29) is 12.5 Å². The number of fused-ring (bicyclic) bond motifs is 5. The number of ether oxygens (including phenoxy) is 2. The van der Waals surface area contributed by atoms with Gasteiger partial charge in [0, 0.05) is 20.0 Å². The number of amides is 1. The molecule has 14 heteroatoms. The van der Waals surface area contributed by atoms with E-state index in [1.165, 1.54) is 16.1 Å². The lowest BCUT2D eigenvalue weighted by Crippen LogP contribution is -2.58. The smallest absolute Gasteiger partial charge is 0.367 e. The molecular weight excluding hydrogens is 472 g/mol. The molecule has 1 N–H and O–H groups in total. The fraction of sp³-hybridized carbons (Fsp3) is 0.650. The van der Waals surface area contributed by atoms with E-state index in [1.54, 1.807) is 27.9 Å². The molecule has 3 aliphatic rings. The third-order valence-electron chi connectivity index (χ3n) is 5.97. The van der Waals surface area contributed by atoms with Crippen LogP contribution in [0.3, 0.4) is 0 Å². The minimum absolute atomic E-state index is 0.0463. The van der Waals surface area contributed by atoms with Gasteiger partial charge < -0.3 is 19.3 Å². The third-order valence-corrected chi connectivity index (χ3v) is 5.97. The Kier molecular flexibility index (Phi) is 5.75. The maximum Gasteiger partial charge on any atom is 0.433 e. The molecule has 0 spiro atoms. The van der Waals surface area contributed by atoms with Crippen LogP contribution in [0.15, 0.2) is 17.2 Å². The van der Waals surface area contributed by atoms with Crippen molar-refractivity contribution in [1.29, 1.82) is 0 Å². The molecule has 2 bridgehead atoms. The molecule has 0 unspecified atom stereocenters. The van der Waals surface area contributed by atoms with Gasteiger partial charge >= 0.3 is 12.4 Å². The topological polar surface area (TPSA) is 79.3 Å². The average Bonchev–Trinajstić information content (AvgIpc) is 3.32. The Balaban J connectivity index is 1.79. The minimum atomic E-state index is -5.12. The summed E-state index contributed by atoms with van der Waals surface area (Å²) in [6.07, 6.45) is -9.83. The van der Waals surface area contributed by atoms with Crippen molar-refractivity contribution in [3.8, 4) is 0 Å². The van der Waals surface area contributed by atoms with Gasteiger partial charge in [-0.25, -0.2) is 10.4 Å². The first-order chi connectivity index (χ1) is 15.6. The van der Waals surface area contributed by atoms with E-state index in [0.717, 1.165) is 0 Å². The lowest BCUT2D eigenvalue weighted by Gasteiger charge is -2.39. The molecule has 4 rings (SSSR count). The zero-order valence-electron chi connectivity index (χ0n) is 18.6. The first-order valence-electron chi connectivity index (χ1n) is 10.4. The molecule has 1 aromatic rings. The Morgan fingerprint density at radius 3 is 2.41 bits per heavy atom. The van der Waals surface area contributed by atoms with Gasteiger partial charge in [-0.15, -0.1) is 0 Å². The third kappa shape index (κ3) is 4.40. The van der Waals surface area contributed by atoms with Crippen LogP contribution in [0.1, 0.15) is 31.5 Å². The molecule has 8 nitrogen and oxygen atoms in total. The van der Waals surface area contributed by atoms with Crippen LogP contribution < -0.4 is 10.3 Å². The fourth-order valence-corrected chi connectivity index (χ4v) is 4.85. The summed E-state index contributed by atoms with van der Waals surface area (Å²) in [4.78, 5) is 19.3. The second-order valence-corrected chi connectivity index (χ2v) is 9.16. The van der Waals surface area contributed by atoms with E-state index in [4.69, 9.17) is 9.47 Å². The lowest BCUT2D eigenvalue weighted by atomic mass is 9.94. The maximum absolute atomic E-state index is 13.5. The largest absolute Gasteiger partial charge is 0.433 e. The van der Waals surface area contributed by atoms with E-state index >= 15 is 0 Å². The van der Waals surface area contributed by atoms with E-state index in [1.807, 2.05) is 0 Å². The molecular formula is C20H23F6N5O3. The number of pyridine rings is 1. The van der Waals surface area contributed by atoms with Gasteiger partial charge in [-0.2, -0.15) is 31.4 Å². The Morgan fingerprint density at radius 1 is 1.18 bits per heavy atom. The second kappa shape index (κ2) is 7.97. The summed E-state index contributed by atoms with van der Waals surface area (Å²) in [6, 6.07) is -1.41. The van der Waals surface area contributed by atoms with Crippen LogP contribution in [0, 0.1) is 5.92 Å². The highest BCUT2D eigenvalue weighted by molar-refractivity contribution is 5.87. The van der Waals surface area contributed by atoms with Gasteiger partial charge in [0.2, 0.25) is 0 Å². The lowest BCUT2D eigenvalue weighted by molar-refractivity contribution is -0.155. The first-order valence-corrected chi connectivity index (χ1v) is 10.4. The average molecular weight is 495 g/mol. The number of nitrogens with zero attached hydrogens (tertiary/aromatic N) is 4. The highest BCUT2D eigenvalue weighted by Crippen LogP contribution is 2.52. The van der Waals surface area contributed by atoms with Crippen LogP contribution in [0.4, 0.5) is 32.2 Å². The molecule has 2 saturated heterocycles. The number of aromatic nitrogens is 1. The zero-order valence-corrected chi connectivity index (χ0v) is 18.6. The molecule has 1 aliphatic carbocycles. The molecule has 0 radical (unpaired) electrons. The van der Waals surface area contributed by atoms with Crippen LogP contribution in [-0.2, 0) is 26.6 Å². The normalized spacial score (nSPS) is 30.2. The molecule has 1 amide bonds. The van der Waals surface area contributed by atoms with Crippen LogP contribution in [0.5, 0.6) is 0 Å². The fourth-order valence-electron chi connectivity index (χ4n) is 4.85. The van der Waals surface area contributed by atoms with Crippen molar-refractivity contribution in [1.82, 2.24) is 15.3 Å². The number of carbonyl (C=O) groups is 1. The summed E-state index contributed by atoms with van der Waals surface area (Å²) in [7, 11) is 3.31. The van der Waals surface area contributed by atoms with Crippen molar-refractivity contribution < 1.29 is 40.6 Å². The van der Waals surface area contributed by atoms with Gasteiger partial charge in [0.25, 0.3) is 5.91 Å². The number of nitrogens with one attached hydrogen (secondary N) is 1. The van der Waals surface area contributed by atoms with Gasteiger partial charge in [-0.1, -0.05) is 0 Å². The number of hydrazone groups is 1. The number of hydrogen-bond acceptors (Lipinski definition) is 6. The molecule has 1 saturated carbocycles. The van der Waals surface area contributed by atoms with Gasteiger partial charge in [0.1, 0.15) is 30.0 Å². The number of halogens is 6. The van der Waals surface area contributed by atoms with Gasteiger partial charge in [-0.3, -0.25) is 4.79 Å². The summed E-state index contributed by atoms with van der Waals surface area (Å²) >= 11 is 0. The number of carbonyl (C=O) groups excluding carboxylic acids is 1. The van der Waals surface area contributed by atoms with Crippen molar-refractivity contribution in [2.24, 2.45) is 11.0 Å². The van der Waals surface area contributed by atoms with E-state index < -0.39 is 71.3 Å². The summed E-state index contributed by atoms with van der Waals surface area (Å²) in [6.45, 7) is 3.30. The van der Waals surface area contributed by atoms with Crippen molar-refractivity contribution in [2.75, 3.05) is 19.0 Å². The summed E-state index contributed by atoms with van der Waals surface area (Å²) in [5.74, 6) is -2.90. The summed E-state index contributed by atoms with van der Waals surface area (Å²) in [5.41, 5.74) is -0.910. The highest BCUT2D eigenvalue weighted by Gasteiger charge is 2.65. The Bertz CT molecular complexity index is 964. The number of piperidine rings is 1. The summed E-state index contributed by atoms with van der Waals surface area (Å²) in [5, 5.41) is 3.78. The Labute approximate surface area is 190 Å². The molecule has 2 aliphatic heterocycles. The van der Waals surface area contributed by atoms with Gasteiger partial charge in [-0.05, 0) is 32.4 Å². The molecule has 188 valence electrons. The first kappa shape index (κ1) is 24.5. The Hall–Kier alpha value is -2.61. The van der Waals surface area contributed by atoms with Crippen LogP contribution >= 0.6 is 0 Å². The Morgan fingerprint density at radius 2 is 1.82 bits per heavy atom. The van der Waals surface area contributed by atoms with Crippen molar-refractivity contribution >= 4 is 18.1 Å². The van der Waals surface area contributed by atoms with Crippen molar-refractivity contribution in [3.63, 3.8) is 0 Å². The summed E-state index contributed by atoms with van der Waals surface area (Å²) < 4.78 is 92.5. The van der Waals surface area contributed by atoms with Crippen LogP contribution in [0.25, 0.3) is 0 Å². The second-order valence-electron chi connectivity index (χ2n) is 9.16. The predicted molar refractivity (Wildman–Crippen MR) is 107 cm³/mol. The number of hydrogen-bond donors (Lipinski definition) is 1. The van der Waals surface area contributed by atoms with E-state index in [2.05, 4.69) is 15.5 Å². The molecule has 0 aromatic carbocycles. The molecule has 34 heavy (non-hydrogen) atoms. The maximum atomic E-state index is 13.5. The number of anilines is 1. The van der Waals surface area contributed by atoms with Crippen LogP contribution in [0.2, 0.25) is 0 Å². The van der Waals surface area contributed by atoms with Gasteiger partial charge in [0.15, 0.2) is 5.79 Å².